The number of rotatable bonds is 4. The summed E-state index contributed by atoms with van der Waals surface area (Å²) in [5.41, 5.74) is 6.36. The molecule has 0 aliphatic rings. The van der Waals surface area contributed by atoms with E-state index in [0.29, 0.717) is 11.4 Å². The SMILES string of the molecule is CC(C)NC(=O)C(C)Nc1nccc(C#N)c1N. The van der Waals surface area contributed by atoms with Crippen molar-refractivity contribution in [1.29, 1.82) is 5.26 Å². The molecule has 96 valence electrons. The Morgan fingerprint density at radius 3 is 2.72 bits per heavy atom. The summed E-state index contributed by atoms with van der Waals surface area (Å²) in [4.78, 5) is 15.7. The average molecular weight is 247 g/mol. The molecule has 1 rings (SSSR count). The first-order valence-corrected chi connectivity index (χ1v) is 5.67. The fourth-order valence-corrected chi connectivity index (χ4v) is 1.37. The molecule has 0 saturated carbocycles. The van der Waals surface area contributed by atoms with Crippen LogP contribution in [-0.4, -0.2) is 23.0 Å². The first-order chi connectivity index (χ1) is 8.45. The monoisotopic (exact) mass is 247 g/mol. The van der Waals surface area contributed by atoms with Crippen molar-refractivity contribution in [2.45, 2.75) is 32.9 Å². The van der Waals surface area contributed by atoms with E-state index in [0.717, 1.165) is 0 Å². The van der Waals surface area contributed by atoms with Crippen LogP contribution in [0.3, 0.4) is 0 Å². The molecule has 1 amide bonds. The van der Waals surface area contributed by atoms with Crippen molar-refractivity contribution in [2.24, 2.45) is 0 Å². The highest BCUT2D eigenvalue weighted by Crippen LogP contribution is 2.19. The van der Waals surface area contributed by atoms with Crippen LogP contribution in [0.2, 0.25) is 0 Å². The maximum atomic E-state index is 11.7. The van der Waals surface area contributed by atoms with Crippen LogP contribution in [0.5, 0.6) is 0 Å². The van der Waals surface area contributed by atoms with Crippen molar-refractivity contribution < 1.29 is 4.79 Å². The number of hydrogen-bond acceptors (Lipinski definition) is 5. The third kappa shape index (κ3) is 3.35. The smallest absolute Gasteiger partial charge is 0.242 e. The summed E-state index contributed by atoms with van der Waals surface area (Å²) in [6, 6.07) is 3.08. The normalized spacial score (nSPS) is 11.7. The van der Waals surface area contributed by atoms with E-state index in [9.17, 15) is 4.79 Å². The third-order valence-electron chi connectivity index (χ3n) is 2.29. The van der Waals surface area contributed by atoms with E-state index >= 15 is 0 Å². The van der Waals surface area contributed by atoms with Gasteiger partial charge in [0.1, 0.15) is 12.1 Å². The molecular formula is C12H17N5O. The molecule has 0 aliphatic heterocycles. The lowest BCUT2D eigenvalue weighted by atomic mass is 10.2. The van der Waals surface area contributed by atoms with Crippen molar-refractivity contribution in [1.82, 2.24) is 10.3 Å². The van der Waals surface area contributed by atoms with Gasteiger partial charge in [-0.2, -0.15) is 5.26 Å². The van der Waals surface area contributed by atoms with E-state index in [-0.39, 0.29) is 17.6 Å². The predicted molar refractivity (Wildman–Crippen MR) is 69.7 cm³/mol. The lowest BCUT2D eigenvalue weighted by Crippen LogP contribution is -2.41. The first-order valence-electron chi connectivity index (χ1n) is 5.67. The number of carbonyl (C=O) groups is 1. The van der Waals surface area contributed by atoms with Crippen molar-refractivity contribution >= 4 is 17.4 Å². The number of nitrogens with two attached hydrogens (primary N) is 1. The maximum absolute atomic E-state index is 11.7. The summed E-state index contributed by atoms with van der Waals surface area (Å²) in [5.74, 6) is 0.203. The predicted octanol–water partition coefficient (Wildman–Crippen LogP) is 0.860. The summed E-state index contributed by atoms with van der Waals surface area (Å²) in [7, 11) is 0. The molecule has 18 heavy (non-hydrogen) atoms. The highest BCUT2D eigenvalue weighted by molar-refractivity contribution is 5.85. The molecule has 0 aliphatic carbocycles. The van der Waals surface area contributed by atoms with Gasteiger partial charge in [0.05, 0.1) is 11.3 Å². The van der Waals surface area contributed by atoms with E-state index in [1.165, 1.54) is 12.3 Å². The Morgan fingerprint density at radius 1 is 1.50 bits per heavy atom. The quantitative estimate of drug-likeness (QED) is 0.732. The topological polar surface area (TPSA) is 104 Å². The summed E-state index contributed by atoms with van der Waals surface area (Å²) in [6.07, 6.45) is 1.48. The van der Waals surface area contributed by atoms with Gasteiger partial charge in [0, 0.05) is 12.2 Å². The molecule has 6 heteroatoms. The van der Waals surface area contributed by atoms with E-state index < -0.39 is 6.04 Å². The van der Waals surface area contributed by atoms with E-state index in [2.05, 4.69) is 15.6 Å². The lowest BCUT2D eigenvalue weighted by Gasteiger charge is -2.17. The number of amides is 1. The Labute approximate surface area is 106 Å². The van der Waals surface area contributed by atoms with Gasteiger partial charge in [0.15, 0.2) is 5.82 Å². The number of anilines is 2. The summed E-state index contributed by atoms with van der Waals surface area (Å²) in [5, 5.41) is 14.5. The third-order valence-corrected chi connectivity index (χ3v) is 2.29. The fourth-order valence-electron chi connectivity index (χ4n) is 1.37. The lowest BCUT2D eigenvalue weighted by molar-refractivity contribution is -0.122. The zero-order valence-corrected chi connectivity index (χ0v) is 10.7. The molecule has 0 bridgehead atoms. The van der Waals surface area contributed by atoms with Gasteiger partial charge >= 0.3 is 0 Å². The number of nitrogens with zero attached hydrogens (tertiary/aromatic N) is 2. The van der Waals surface area contributed by atoms with Gasteiger partial charge in [-0.15, -0.1) is 0 Å². The van der Waals surface area contributed by atoms with Gasteiger partial charge in [-0.25, -0.2) is 4.98 Å². The van der Waals surface area contributed by atoms with Crippen LogP contribution in [0.25, 0.3) is 0 Å². The second-order valence-electron chi connectivity index (χ2n) is 4.26. The summed E-state index contributed by atoms with van der Waals surface area (Å²) < 4.78 is 0. The Morgan fingerprint density at radius 2 is 2.17 bits per heavy atom. The molecule has 1 aromatic rings. The summed E-state index contributed by atoms with van der Waals surface area (Å²) >= 11 is 0. The van der Waals surface area contributed by atoms with Crippen LogP contribution < -0.4 is 16.4 Å². The molecule has 1 heterocycles. The minimum atomic E-state index is -0.476. The van der Waals surface area contributed by atoms with Gasteiger partial charge in [0.2, 0.25) is 5.91 Å². The van der Waals surface area contributed by atoms with Gasteiger partial charge < -0.3 is 16.4 Å². The zero-order chi connectivity index (χ0) is 13.7. The standard InChI is InChI=1S/C12H17N5O/c1-7(2)16-12(18)8(3)17-11-10(14)9(6-13)4-5-15-11/h4-5,7-8H,14H2,1-3H3,(H,15,17)(H,16,18). The van der Waals surface area contributed by atoms with E-state index in [1.807, 2.05) is 19.9 Å². The van der Waals surface area contributed by atoms with Crippen LogP contribution in [0.15, 0.2) is 12.3 Å². The van der Waals surface area contributed by atoms with Crippen LogP contribution in [0.1, 0.15) is 26.3 Å². The number of pyridine rings is 1. The van der Waals surface area contributed by atoms with Crippen molar-refractivity contribution in [3.8, 4) is 6.07 Å². The number of nitrogens with one attached hydrogen (secondary N) is 2. The minimum absolute atomic E-state index is 0.0671. The average Bonchev–Trinajstić information content (AvgIpc) is 2.30. The largest absolute Gasteiger partial charge is 0.395 e. The van der Waals surface area contributed by atoms with Gasteiger partial charge in [0.25, 0.3) is 0 Å². The Balaban J connectivity index is 2.80. The van der Waals surface area contributed by atoms with Crippen LogP contribution in [0.4, 0.5) is 11.5 Å². The molecule has 1 unspecified atom stereocenters. The minimum Gasteiger partial charge on any atom is -0.395 e. The van der Waals surface area contributed by atoms with Gasteiger partial charge in [-0.1, -0.05) is 0 Å². The molecule has 0 aromatic carbocycles. The summed E-state index contributed by atoms with van der Waals surface area (Å²) in [6.45, 7) is 5.47. The Kier molecular flexibility index (Phi) is 4.49. The number of aromatic nitrogens is 1. The molecular weight excluding hydrogens is 230 g/mol. The second kappa shape index (κ2) is 5.87. The van der Waals surface area contributed by atoms with Crippen LogP contribution in [0, 0.1) is 11.3 Å². The Bertz CT molecular complexity index is 478. The molecule has 1 aromatic heterocycles. The molecule has 0 radical (unpaired) electrons. The maximum Gasteiger partial charge on any atom is 0.242 e. The zero-order valence-electron chi connectivity index (χ0n) is 10.7. The number of nitrogen functional groups attached to an aromatic ring is 1. The molecule has 6 nitrogen and oxygen atoms in total. The number of hydrogen-bond donors (Lipinski definition) is 3. The molecule has 0 fully saturated rings. The first kappa shape index (κ1) is 13.8. The number of carbonyl (C=O) groups excluding carboxylic acids is 1. The molecule has 1 atom stereocenters. The molecule has 4 N–H and O–H groups in total. The molecule has 0 saturated heterocycles. The van der Waals surface area contributed by atoms with Crippen molar-refractivity contribution in [3.05, 3.63) is 17.8 Å². The van der Waals surface area contributed by atoms with Gasteiger partial charge in [-0.05, 0) is 26.8 Å². The Hall–Kier alpha value is -2.29. The van der Waals surface area contributed by atoms with E-state index in [4.69, 9.17) is 11.0 Å². The fraction of sp³-hybridized carbons (Fsp3) is 0.417. The van der Waals surface area contributed by atoms with Crippen molar-refractivity contribution in [2.75, 3.05) is 11.1 Å². The second-order valence-corrected chi connectivity index (χ2v) is 4.26. The van der Waals surface area contributed by atoms with E-state index in [1.54, 1.807) is 6.92 Å². The number of nitriles is 1. The molecule has 0 spiro atoms. The highest BCUT2D eigenvalue weighted by atomic mass is 16.2. The van der Waals surface area contributed by atoms with Gasteiger partial charge in [-0.3, -0.25) is 4.79 Å². The van der Waals surface area contributed by atoms with Crippen LogP contribution >= 0.6 is 0 Å². The van der Waals surface area contributed by atoms with Crippen LogP contribution in [-0.2, 0) is 4.79 Å². The highest BCUT2D eigenvalue weighted by Gasteiger charge is 2.15. The van der Waals surface area contributed by atoms with Crippen molar-refractivity contribution in [3.63, 3.8) is 0 Å².